The predicted octanol–water partition coefficient (Wildman–Crippen LogP) is 3.01. The highest BCUT2D eigenvalue weighted by Gasteiger charge is 2.10. The molecule has 0 amide bonds. The molecule has 3 aromatic rings. The first kappa shape index (κ1) is 12.3. The molecule has 0 saturated carbocycles. The van der Waals surface area contributed by atoms with Crippen molar-refractivity contribution in [2.45, 2.75) is 6.92 Å². The first-order valence-electron chi connectivity index (χ1n) is 5.89. The van der Waals surface area contributed by atoms with Gasteiger partial charge in [-0.1, -0.05) is 0 Å². The van der Waals surface area contributed by atoms with Gasteiger partial charge in [-0.05, 0) is 30.3 Å². The van der Waals surface area contributed by atoms with Gasteiger partial charge < -0.3 is 9.15 Å². The number of fused-ring (bicyclic) bond motifs is 2. The van der Waals surface area contributed by atoms with E-state index in [1.807, 2.05) is 0 Å². The molecule has 2 aromatic carbocycles. The Labute approximate surface area is 112 Å². The summed E-state index contributed by atoms with van der Waals surface area (Å²) < 4.78 is 23.7. The van der Waals surface area contributed by atoms with Crippen LogP contribution in [0.1, 0.15) is 6.92 Å². The monoisotopic (exact) mass is 272 g/mol. The lowest BCUT2D eigenvalue weighted by Crippen LogP contribution is -2.04. The molecule has 0 atom stereocenters. The molecular formula is C15H9FO4. The van der Waals surface area contributed by atoms with Crippen LogP contribution in [0.4, 0.5) is 4.39 Å². The van der Waals surface area contributed by atoms with Crippen molar-refractivity contribution in [3.63, 3.8) is 0 Å². The second-order valence-corrected chi connectivity index (χ2v) is 4.32. The number of rotatable bonds is 1. The Morgan fingerprint density at radius 1 is 1.10 bits per heavy atom. The third-order valence-electron chi connectivity index (χ3n) is 2.87. The Bertz CT molecular complexity index is 895. The summed E-state index contributed by atoms with van der Waals surface area (Å²) in [7, 11) is 0. The van der Waals surface area contributed by atoms with Crippen molar-refractivity contribution in [1.29, 1.82) is 0 Å². The molecule has 0 N–H and O–H groups in total. The first-order valence-corrected chi connectivity index (χ1v) is 5.89. The van der Waals surface area contributed by atoms with E-state index in [-0.39, 0.29) is 27.7 Å². The van der Waals surface area contributed by atoms with Crippen molar-refractivity contribution in [2.75, 3.05) is 0 Å². The maximum Gasteiger partial charge on any atom is 0.308 e. The van der Waals surface area contributed by atoms with Crippen molar-refractivity contribution >= 4 is 27.9 Å². The van der Waals surface area contributed by atoms with Gasteiger partial charge in [-0.3, -0.25) is 9.59 Å². The molecule has 3 rings (SSSR count). The van der Waals surface area contributed by atoms with Gasteiger partial charge in [0.1, 0.15) is 22.7 Å². The van der Waals surface area contributed by atoms with Gasteiger partial charge in [-0.25, -0.2) is 4.39 Å². The van der Waals surface area contributed by atoms with Crippen LogP contribution >= 0.6 is 0 Å². The zero-order valence-corrected chi connectivity index (χ0v) is 10.5. The highest BCUT2D eigenvalue weighted by molar-refractivity contribution is 5.90. The second-order valence-electron chi connectivity index (χ2n) is 4.32. The molecule has 0 fully saturated rings. The van der Waals surface area contributed by atoms with Crippen molar-refractivity contribution < 1.29 is 18.3 Å². The zero-order chi connectivity index (χ0) is 14.3. The van der Waals surface area contributed by atoms with Crippen LogP contribution in [0, 0.1) is 5.82 Å². The average molecular weight is 272 g/mol. The topological polar surface area (TPSA) is 56.5 Å². The first-order chi connectivity index (χ1) is 9.54. The SMILES string of the molecule is CC(=O)Oc1ccc2c(=O)c3cc(F)ccc3oc2c1. The van der Waals surface area contributed by atoms with Crippen LogP contribution in [0.5, 0.6) is 5.75 Å². The molecule has 0 aliphatic rings. The Morgan fingerprint density at radius 3 is 2.65 bits per heavy atom. The highest BCUT2D eigenvalue weighted by atomic mass is 19.1. The summed E-state index contributed by atoms with van der Waals surface area (Å²) in [5.74, 6) is -0.676. The molecule has 0 unspecified atom stereocenters. The summed E-state index contributed by atoms with van der Waals surface area (Å²) in [4.78, 5) is 23.1. The zero-order valence-electron chi connectivity index (χ0n) is 10.5. The van der Waals surface area contributed by atoms with Crippen LogP contribution in [0.15, 0.2) is 45.6 Å². The Hall–Kier alpha value is -2.69. The fourth-order valence-electron chi connectivity index (χ4n) is 2.04. The van der Waals surface area contributed by atoms with Crippen LogP contribution in [-0.4, -0.2) is 5.97 Å². The number of hydrogen-bond acceptors (Lipinski definition) is 4. The third-order valence-corrected chi connectivity index (χ3v) is 2.87. The van der Waals surface area contributed by atoms with Gasteiger partial charge in [0.15, 0.2) is 0 Å². The molecule has 20 heavy (non-hydrogen) atoms. The minimum atomic E-state index is -0.499. The van der Waals surface area contributed by atoms with Crippen molar-refractivity contribution in [2.24, 2.45) is 0 Å². The standard InChI is InChI=1S/C15H9FO4/c1-8(17)19-10-3-4-11-14(7-10)20-13-5-2-9(16)6-12(13)15(11)18/h2-7H,1H3. The molecule has 1 aromatic heterocycles. The summed E-state index contributed by atoms with van der Waals surface area (Å²) in [5, 5.41) is 0.483. The van der Waals surface area contributed by atoms with Crippen LogP contribution in [0.3, 0.4) is 0 Å². The van der Waals surface area contributed by atoms with Gasteiger partial charge in [0.05, 0.1) is 10.8 Å². The van der Waals surface area contributed by atoms with E-state index in [4.69, 9.17) is 9.15 Å². The minimum absolute atomic E-state index is 0.178. The van der Waals surface area contributed by atoms with E-state index < -0.39 is 11.8 Å². The number of halogens is 1. The lowest BCUT2D eigenvalue weighted by molar-refractivity contribution is -0.131. The van der Waals surface area contributed by atoms with Gasteiger partial charge in [0, 0.05) is 13.0 Å². The molecule has 0 radical (unpaired) electrons. The number of benzene rings is 2. The van der Waals surface area contributed by atoms with E-state index >= 15 is 0 Å². The summed E-state index contributed by atoms with van der Waals surface area (Å²) in [5.41, 5.74) is 0.242. The molecule has 100 valence electrons. The molecule has 0 aliphatic heterocycles. The van der Waals surface area contributed by atoms with Gasteiger partial charge in [0.25, 0.3) is 0 Å². The van der Waals surface area contributed by atoms with Crippen molar-refractivity contribution in [1.82, 2.24) is 0 Å². The fourth-order valence-corrected chi connectivity index (χ4v) is 2.04. The predicted molar refractivity (Wildman–Crippen MR) is 71.3 cm³/mol. The van der Waals surface area contributed by atoms with Crippen molar-refractivity contribution in [3.05, 3.63) is 52.4 Å². The largest absolute Gasteiger partial charge is 0.456 e. The van der Waals surface area contributed by atoms with E-state index in [1.165, 1.54) is 37.3 Å². The van der Waals surface area contributed by atoms with Crippen LogP contribution < -0.4 is 10.2 Å². The van der Waals surface area contributed by atoms with Gasteiger partial charge in [-0.15, -0.1) is 0 Å². The minimum Gasteiger partial charge on any atom is -0.456 e. The summed E-state index contributed by atoms with van der Waals surface area (Å²) in [6, 6.07) is 8.19. The Morgan fingerprint density at radius 2 is 1.90 bits per heavy atom. The van der Waals surface area contributed by atoms with E-state index in [2.05, 4.69) is 0 Å². The van der Waals surface area contributed by atoms with E-state index in [0.717, 1.165) is 6.07 Å². The summed E-state index contributed by atoms with van der Waals surface area (Å²) in [6.45, 7) is 1.28. The molecular weight excluding hydrogens is 263 g/mol. The summed E-state index contributed by atoms with van der Waals surface area (Å²) in [6.07, 6.45) is 0. The highest BCUT2D eigenvalue weighted by Crippen LogP contribution is 2.23. The number of hydrogen-bond donors (Lipinski definition) is 0. The lowest BCUT2D eigenvalue weighted by Gasteiger charge is -2.04. The molecule has 0 aliphatic carbocycles. The van der Waals surface area contributed by atoms with Crippen molar-refractivity contribution in [3.8, 4) is 5.75 Å². The molecule has 0 saturated heterocycles. The normalized spacial score (nSPS) is 10.9. The number of esters is 1. The number of carbonyl (C=O) groups is 1. The second kappa shape index (κ2) is 4.45. The van der Waals surface area contributed by atoms with E-state index in [9.17, 15) is 14.0 Å². The number of ether oxygens (including phenoxy) is 1. The maximum atomic E-state index is 13.2. The van der Waals surface area contributed by atoms with E-state index in [1.54, 1.807) is 0 Å². The molecule has 5 heteroatoms. The average Bonchev–Trinajstić information content (AvgIpc) is 2.39. The van der Waals surface area contributed by atoms with Gasteiger partial charge in [0.2, 0.25) is 5.43 Å². The molecule has 1 heterocycles. The molecule has 0 bridgehead atoms. The molecule has 4 nitrogen and oxygen atoms in total. The Kier molecular flexibility index (Phi) is 2.75. The smallest absolute Gasteiger partial charge is 0.308 e. The lowest BCUT2D eigenvalue weighted by atomic mass is 10.1. The maximum absolute atomic E-state index is 13.2. The van der Waals surface area contributed by atoms with Crippen LogP contribution in [-0.2, 0) is 4.79 Å². The third kappa shape index (κ3) is 2.03. The Balaban J connectivity index is 2.32. The van der Waals surface area contributed by atoms with E-state index in [0.29, 0.717) is 5.39 Å². The molecule has 0 spiro atoms. The fraction of sp³-hybridized carbons (Fsp3) is 0.0667. The quantitative estimate of drug-likeness (QED) is 0.388. The van der Waals surface area contributed by atoms with Gasteiger partial charge >= 0.3 is 5.97 Å². The van der Waals surface area contributed by atoms with Crippen LogP contribution in [0.25, 0.3) is 21.9 Å². The summed E-state index contributed by atoms with van der Waals surface area (Å²) >= 11 is 0. The van der Waals surface area contributed by atoms with Gasteiger partial charge in [-0.2, -0.15) is 0 Å². The van der Waals surface area contributed by atoms with Crippen LogP contribution in [0.2, 0.25) is 0 Å². The number of carbonyl (C=O) groups excluding carboxylic acids is 1.